The molecule has 4 rings (SSSR count). The zero-order valence-corrected chi connectivity index (χ0v) is 21.4. The van der Waals surface area contributed by atoms with Crippen LogP contribution in [-0.4, -0.2) is 29.4 Å². The lowest BCUT2D eigenvalue weighted by atomic mass is 9.71. The van der Waals surface area contributed by atoms with Crippen molar-refractivity contribution < 1.29 is 9.59 Å². The summed E-state index contributed by atoms with van der Waals surface area (Å²) in [4.78, 5) is 30.7. The van der Waals surface area contributed by atoms with Crippen LogP contribution in [0.25, 0.3) is 0 Å². The maximum Gasteiger partial charge on any atom is 0.237 e. The molecule has 4 N–H and O–H groups in total. The molecule has 1 fully saturated rings. The number of nitrogens with one attached hydrogen (secondary N) is 2. The summed E-state index contributed by atoms with van der Waals surface area (Å²) in [5.41, 5.74) is 8.99. The van der Waals surface area contributed by atoms with Crippen molar-refractivity contribution in [3.05, 3.63) is 102 Å². The first-order chi connectivity index (χ1) is 18.0. The Morgan fingerprint density at radius 1 is 0.865 bits per heavy atom. The monoisotopic (exact) mass is 498 g/mol. The van der Waals surface area contributed by atoms with E-state index < -0.39 is 6.04 Å². The minimum Gasteiger partial charge on any atom is -0.354 e. The lowest BCUT2D eigenvalue weighted by Crippen LogP contribution is -2.48. The predicted molar refractivity (Wildman–Crippen MR) is 147 cm³/mol. The Bertz CT molecular complexity index is 1120. The largest absolute Gasteiger partial charge is 0.354 e. The summed E-state index contributed by atoms with van der Waals surface area (Å²) in [6, 6.07) is 24.9. The van der Waals surface area contributed by atoms with Crippen molar-refractivity contribution in [2.75, 3.05) is 6.54 Å². The molecule has 1 aromatic heterocycles. The molecule has 6 nitrogen and oxygen atoms in total. The van der Waals surface area contributed by atoms with Crippen LogP contribution in [0.3, 0.4) is 0 Å². The van der Waals surface area contributed by atoms with E-state index in [4.69, 9.17) is 5.73 Å². The molecule has 1 heterocycles. The molecular weight excluding hydrogens is 460 g/mol. The number of carbonyl (C=O) groups excluding carboxylic acids is 2. The summed E-state index contributed by atoms with van der Waals surface area (Å²) in [6.45, 7) is 0.470. The number of hydrogen-bond donors (Lipinski definition) is 3. The average Bonchev–Trinajstić information content (AvgIpc) is 2.93. The van der Waals surface area contributed by atoms with E-state index >= 15 is 0 Å². The van der Waals surface area contributed by atoms with Crippen molar-refractivity contribution in [1.82, 2.24) is 15.6 Å². The van der Waals surface area contributed by atoms with Crippen LogP contribution >= 0.6 is 0 Å². The number of nitrogens with two attached hydrogens (primary N) is 1. The molecular formula is C31H38N4O2. The molecule has 6 heteroatoms. The zero-order valence-electron chi connectivity index (χ0n) is 21.4. The molecule has 0 bridgehead atoms. The number of aromatic nitrogens is 1. The van der Waals surface area contributed by atoms with Gasteiger partial charge in [-0.25, -0.2) is 0 Å². The first kappa shape index (κ1) is 26.6. The number of rotatable bonds is 11. The Labute approximate surface area is 220 Å². The number of pyridine rings is 1. The van der Waals surface area contributed by atoms with Gasteiger partial charge in [-0.05, 0) is 47.9 Å². The quantitative estimate of drug-likeness (QED) is 0.362. The SMILES string of the molecule is N[C@@H](Cc1ccccc1)C(=O)NCC1(CC(=O)NC(Cc2ccccn2)c2ccccc2)CCCCC1. The van der Waals surface area contributed by atoms with Gasteiger partial charge in [0.15, 0.2) is 0 Å². The molecule has 0 saturated heterocycles. The van der Waals surface area contributed by atoms with Crippen LogP contribution in [0.4, 0.5) is 0 Å². The molecule has 194 valence electrons. The van der Waals surface area contributed by atoms with Crippen molar-refractivity contribution >= 4 is 11.8 Å². The molecule has 3 aromatic rings. The molecule has 1 aliphatic rings. The molecule has 1 aliphatic carbocycles. The first-order valence-corrected chi connectivity index (χ1v) is 13.3. The fourth-order valence-corrected chi connectivity index (χ4v) is 5.34. The summed E-state index contributed by atoms with van der Waals surface area (Å²) in [5.74, 6) is -0.152. The Morgan fingerprint density at radius 2 is 1.54 bits per heavy atom. The second-order valence-electron chi connectivity index (χ2n) is 10.3. The Kier molecular flexibility index (Phi) is 9.44. The summed E-state index contributed by atoms with van der Waals surface area (Å²) in [7, 11) is 0. The Hall–Kier alpha value is -3.51. The van der Waals surface area contributed by atoms with Crippen LogP contribution < -0.4 is 16.4 Å². The zero-order chi connectivity index (χ0) is 25.9. The fourth-order valence-electron chi connectivity index (χ4n) is 5.34. The van der Waals surface area contributed by atoms with Gasteiger partial charge in [0.05, 0.1) is 12.1 Å². The second-order valence-corrected chi connectivity index (χ2v) is 10.3. The van der Waals surface area contributed by atoms with E-state index in [1.165, 1.54) is 0 Å². The van der Waals surface area contributed by atoms with E-state index in [1.807, 2.05) is 78.9 Å². The van der Waals surface area contributed by atoms with E-state index in [-0.39, 0.29) is 23.3 Å². The standard InChI is InChI=1S/C31H38N4O2/c32-27(20-24-12-4-1-5-13-24)30(37)34-23-31(17-9-3-10-18-31)22-29(36)35-28(25-14-6-2-7-15-25)21-26-16-8-11-19-33-26/h1-2,4-8,11-16,19,27-28H,3,9-10,17-18,20-23,32H2,(H,34,37)(H,35,36)/t27-,28?/m0/s1. The third kappa shape index (κ3) is 7.99. The highest BCUT2D eigenvalue weighted by Crippen LogP contribution is 2.39. The van der Waals surface area contributed by atoms with Crippen molar-refractivity contribution in [3.63, 3.8) is 0 Å². The normalized spacial score (nSPS) is 16.4. The minimum atomic E-state index is -0.613. The van der Waals surface area contributed by atoms with Crippen LogP contribution in [0.2, 0.25) is 0 Å². The molecule has 2 amide bonds. The van der Waals surface area contributed by atoms with Crippen molar-refractivity contribution in [1.29, 1.82) is 0 Å². The van der Waals surface area contributed by atoms with Gasteiger partial charge >= 0.3 is 0 Å². The van der Waals surface area contributed by atoms with Crippen LogP contribution in [0, 0.1) is 5.41 Å². The van der Waals surface area contributed by atoms with Gasteiger partial charge in [0.2, 0.25) is 11.8 Å². The summed E-state index contributed by atoms with van der Waals surface area (Å²) < 4.78 is 0. The first-order valence-electron chi connectivity index (χ1n) is 13.3. The van der Waals surface area contributed by atoms with E-state index in [1.54, 1.807) is 6.20 Å². The van der Waals surface area contributed by atoms with Gasteiger partial charge in [0.1, 0.15) is 0 Å². The highest BCUT2D eigenvalue weighted by atomic mass is 16.2. The van der Waals surface area contributed by atoms with Crippen LogP contribution in [-0.2, 0) is 22.4 Å². The van der Waals surface area contributed by atoms with Crippen LogP contribution in [0.5, 0.6) is 0 Å². The molecule has 0 aliphatic heterocycles. The second kappa shape index (κ2) is 13.2. The fraction of sp³-hybridized carbons (Fsp3) is 0.387. The average molecular weight is 499 g/mol. The third-order valence-corrected chi connectivity index (χ3v) is 7.40. The molecule has 37 heavy (non-hydrogen) atoms. The van der Waals surface area contributed by atoms with E-state index in [9.17, 15) is 9.59 Å². The molecule has 0 radical (unpaired) electrons. The number of benzene rings is 2. The van der Waals surface area contributed by atoms with Gasteiger partial charge in [-0.2, -0.15) is 0 Å². The maximum absolute atomic E-state index is 13.4. The van der Waals surface area contributed by atoms with Crippen molar-refractivity contribution in [2.45, 2.75) is 63.5 Å². The predicted octanol–water partition coefficient (Wildman–Crippen LogP) is 4.51. The van der Waals surface area contributed by atoms with E-state index in [0.717, 1.165) is 48.9 Å². The van der Waals surface area contributed by atoms with Gasteiger partial charge in [0, 0.05) is 31.3 Å². The van der Waals surface area contributed by atoms with Gasteiger partial charge in [0.25, 0.3) is 0 Å². The number of carbonyl (C=O) groups is 2. The summed E-state index contributed by atoms with van der Waals surface area (Å²) in [5, 5.41) is 6.37. The van der Waals surface area contributed by atoms with Gasteiger partial charge in [-0.1, -0.05) is 86.0 Å². The number of amides is 2. The highest BCUT2D eigenvalue weighted by Gasteiger charge is 2.35. The Morgan fingerprint density at radius 3 is 2.22 bits per heavy atom. The van der Waals surface area contributed by atoms with Crippen molar-refractivity contribution in [2.24, 2.45) is 11.1 Å². The van der Waals surface area contributed by atoms with E-state index in [0.29, 0.717) is 25.8 Å². The molecule has 0 spiro atoms. The maximum atomic E-state index is 13.4. The van der Waals surface area contributed by atoms with Crippen molar-refractivity contribution in [3.8, 4) is 0 Å². The minimum absolute atomic E-state index is 0.00881. The van der Waals surface area contributed by atoms with Gasteiger partial charge in [-0.15, -0.1) is 0 Å². The van der Waals surface area contributed by atoms with Gasteiger partial charge in [-0.3, -0.25) is 14.6 Å². The highest BCUT2D eigenvalue weighted by molar-refractivity contribution is 5.82. The molecule has 1 unspecified atom stereocenters. The lowest BCUT2D eigenvalue weighted by Gasteiger charge is -2.37. The topological polar surface area (TPSA) is 97.1 Å². The molecule has 1 saturated carbocycles. The number of hydrogen-bond acceptors (Lipinski definition) is 4. The van der Waals surface area contributed by atoms with E-state index in [2.05, 4.69) is 15.6 Å². The lowest BCUT2D eigenvalue weighted by molar-refractivity contribution is -0.127. The molecule has 2 aromatic carbocycles. The van der Waals surface area contributed by atoms with Crippen LogP contribution in [0.1, 0.15) is 61.4 Å². The smallest absolute Gasteiger partial charge is 0.237 e. The summed E-state index contributed by atoms with van der Waals surface area (Å²) >= 11 is 0. The van der Waals surface area contributed by atoms with Crippen LogP contribution in [0.15, 0.2) is 85.1 Å². The van der Waals surface area contributed by atoms with Gasteiger partial charge < -0.3 is 16.4 Å². The molecule has 2 atom stereocenters. The third-order valence-electron chi connectivity index (χ3n) is 7.40. The summed E-state index contributed by atoms with van der Waals surface area (Å²) in [6.07, 6.45) is 8.41. The Balaban J connectivity index is 1.40. The number of nitrogens with zero attached hydrogens (tertiary/aromatic N) is 1.